The summed E-state index contributed by atoms with van der Waals surface area (Å²) in [4.78, 5) is 11.9. The van der Waals surface area contributed by atoms with Gasteiger partial charge in [0.2, 0.25) is 5.91 Å². The van der Waals surface area contributed by atoms with Crippen LogP contribution in [0.25, 0.3) is 6.08 Å². The number of aromatic nitrogens is 2. The molecule has 0 radical (unpaired) electrons. The van der Waals surface area contributed by atoms with E-state index >= 15 is 0 Å². The van der Waals surface area contributed by atoms with Crippen molar-refractivity contribution >= 4 is 12.0 Å². The Morgan fingerprint density at radius 2 is 2.00 bits per heavy atom. The predicted molar refractivity (Wildman–Crippen MR) is 78.1 cm³/mol. The molecule has 1 aromatic rings. The Morgan fingerprint density at radius 3 is 2.55 bits per heavy atom. The van der Waals surface area contributed by atoms with E-state index < -0.39 is 0 Å². The number of aliphatic hydroxyl groups excluding tert-OH is 1. The maximum absolute atomic E-state index is 11.9. The number of hydrogen-bond acceptors (Lipinski definition) is 3. The summed E-state index contributed by atoms with van der Waals surface area (Å²) in [5.74, 6) is -0.0750. The molecule has 1 amide bonds. The summed E-state index contributed by atoms with van der Waals surface area (Å²) in [7, 11) is 1.90. The van der Waals surface area contributed by atoms with E-state index in [0.29, 0.717) is 0 Å². The van der Waals surface area contributed by atoms with Gasteiger partial charge in [-0.05, 0) is 45.6 Å². The van der Waals surface area contributed by atoms with Crippen LogP contribution < -0.4 is 5.32 Å². The van der Waals surface area contributed by atoms with Crippen molar-refractivity contribution in [2.24, 2.45) is 7.05 Å². The van der Waals surface area contributed by atoms with Crippen molar-refractivity contribution in [2.45, 2.75) is 51.7 Å². The molecule has 1 aliphatic carbocycles. The van der Waals surface area contributed by atoms with Gasteiger partial charge in [0.25, 0.3) is 0 Å². The zero-order valence-corrected chi connectivity index (χ0v) is 12.4. The average Bonchev–Trinajstić information content (AvgIpc) is 2.64. The van der Waals surface area contributed by atoms with Gasteiger partial charge >= 0.3 is 0 Å². The lowest BCUT2D eigenvalue weighted by atomic mass is 9.93. The number of hydrogen-bond donors (Lipinski definition) is 2. The van der Waals surface area contributed by atoms with Gasteiger partial charge in [-0.1, -0.05) is 0 Å². The van der Waals surface area contributed by atoms with Gasteiger partial charge in [0, 0.05) is 30.4 Å². The van der Waals surface area contributed by atoms with E-state index in [-0.39, 0.29) is 18.1 Å². The fourth-order valence-electron chi connectivity index (χ4n) is 2.66. The number of carbonyl (C=O) groups excluding carboxylic acids is 1. The zero-order chi connectivity index (χ0) is 14.7. The standard InChI is InChI=1S/C15H23N3O2/c1-10-14(11(2)18(3)17-10)8-9-15(20)16-12-4-6-13(19)7-5-12/h8-9,12-13,19H,4-7H2,1-3H3,(H,16,20)/b9-8+. The van der Waals surface area contributed by atoms with E-state index in [1.54, 1.807) is 6.08 Å². The molecule has 1 aromatic heterocycles. The molecule has 0 saturated heterocycles. The molecule has 2 N–H and O–H groups in total. The number of nitrogens with one attached hydrogen (secondary N) is 1. The molecule has 2 rings (SSSR count). The van der Waals surface area contributed by atoms with Crippen LogP contribution in [0, 0.1) is 13.8 Å². The van der Waals surface area contributed by atoms with Crippen LogP contribution in [0.1, 0.15) is 42.6 Å². The van der Waals surface area contributed by atoms with Crippen LogP contribution in [0.4, 0.5) is 0 Å². The van der Waals surface area contributed by atoms with Crippen molar-refractivity contribution < 1.29 is 9.90 Å². The lowest BCUT2D eigenvalue weighted by molar-refractivity contribution is -0.117. The van der Waals surface area contributed by atoms with E-state index in [2.05, 4.69) is 10.4 Å². The van der Waals surface area contributed by atoms with Crippen LogP contribution in [-0.4, -0.2) is 32.9 Å². The molecular weight excluding hydrogens is 254 g/mol. The number of aliphatic hydroxyl groups is 1. The molecule has 0 spiro atoms. The minimum atomic E-state index is -0.195. The van der Waals surface area contributed by atoms with Crippen molar-refractivity contribution in [1.82, 2.24) is 15.1 Å². The molecule has 0 unspecified atom stereocenters. The molecule has 5 nitrogen and oxygen atoms in total. The minimum absolute atomic E-state index is 0.0750. The minimum Gasteiger partial charge on any atom is -0.393 e. The molecule has 20 heavy (non-hydrogen) atoms. The van der Waals surface area contributed by atoms with Gasteiger partial charge in [-0.3, -0.25) is 9.48 Å². The monoisotopic (exact) mass is 277 g/mol. The molecule has 0 aromatic carbocycles. The van der Waals surface area contributed by atoms with Crippen LogP contribution in [0.2, 0.25) is 0 Å². The van der Waals surface area contributed by atoms with Crippen LogP contribution in [-0.2, 0) is 11.8 Å². The molecule has 0 bridgehead atoms. The van der Waals surface area contributed by atoms with E-state index in [1.165, 1.54) is 0 Å². The van der Waals surface area contributed by atoms with Gasteiger partial charge in [-0.25, -0.2) is 0 Å². The second kappa shape index (κ2) is 6.22. The summed E-state index contributed by atoms with van der Waals surface area (Å²) in [6.07, 6.45) is 6.45. The van der Waals surface area contributed by atoms with Crippen molar-refractivity contribution in [3.8, 4) is 0 Å². The third-order valence-electron chi connectivity index (χ3n) is 4.01. The van der Waals surface area contributed by atoms with Crippen molar-refractivity contribution in [2.75, 3.05) is 0 Å². The highest BCUT2D eigenvalue weighted by Crippen LogP contribution is 2.18. The summed E-state index contributed by atoms with van der Waals surface area (Å²) in [5, 5.41) is 16.8. The first-order chi connectivity index (χ1) is 9.47. The summed E-state index contributed by atoms with van der Waals surface area (Å²) >= 11 is 0. The Labute approximate surface area is 119 Å². The Kier molecular flexibility index (Phi) is 4.60. The van der Waals surface area contributed by atoms with Crippen molar-refractivity contribution in [1.29, 1.82) is 0 Å². The number of nitrogens with zero attached hydrogens (tertiary/aromatic N) is 2. The summed E-state index contributed by atoms with van der Waals surface area (Å²) in [5.41, 5.74) is 2.98. The van der Waals surface area contributed by atoms with Gasteiger partial charge < -0.3 is 10.4 Å². The van der Waals surface area contributed by atoms with Crippen LogP contribution in [0.5, 0.6) is 0 Å². The molecule has 1 fully saturated rings. The smallest absolute Gasteiger partial charge is 0.244 e. The molecule has 5 heteroatoms. The molecule has 1 saturated carbocycles. The molecule has 0 aliphatic heterocycles. The maximum Gasteiger partial charge on any atom is 0.244 e. The van der Waals surface area contributed by atoms with E-state index in [0.717, 1.165) is 42.6 Å². The lowest BCUT2D eigenvalue weighted by Crippen LogP contribution is -2.37. The fourth-order valence-corrected chi connectivity index (χ4v) is 2.66. The first-order valence-electron chi connectivity index (χ1n) is 7.14. The van der Waals surface area contributed by atoms with Gasteiger partial charge in [0.05, 0.1) is 11.8 Å². The maximum atomic E-state index is 11.9. The largest absolute Gasteiger partial charge is 0.393 e. The number of aryl methyl sites for hydroxylation is 2. The summed E-state index contributed by atoms with van der Waals surface area (Å²) < 4.78 is 1.81. The zero-order valence-electron chi connectivity index (χ0n) is 12.4. The predicted octanol–water partition coefficient (Wildman–Crippen LogP) is 1.47. The highest BCUT2D eigenvalue weighted by molar-refractivity contribution is 5.92. The number of carbonyl (C=O) groups is 1. The van der Waals surface area contributed by atoms with Gasteiger partial charge in [-0.15, -0.1) is 0 Å². The van der Waals surface area contributed by atoms with E-state index in [9.17, 15) is 9.90 Å². The summed E-state index contributed by atoms with van der Waals surface area (Å²) in [6.45, 7) is 3.92. The van der Waals surface area contributed by atoms with Gasteiger partial charge in [-0.2, -0.15) is 5.10 Å². The second-order valence-electron chi connectivity index (χ2n) is 5.56. The van der Waals surface area contributed by atoms with Gasteiger partial charge in [0.1, 0.15) is 0 Å². The summed E-state index contributed by atoms with van der Waals surface area (Å²) in [6, 6.07) is 0.187. The fraction of sp³-hybridized carbons (Fsp3) is 0.600. The normalized spacial score (nSPS) is 23.2. The molecule has 110 valence electrons. The quantitative estimate of drug-likeness (QED) is 0.822. The highest BCUT2D eigenvalue weighted by atomic mass is 16.3. The third kappa shape index (κ3) is 3.48. The second-order valence-corrected chi connectivity index (χ2v) is 5.56. The Morgan fingerprint density at radius 1 is 1.35 bits per heavy atom. The van der Waals surface area contributed by atoms with Gasteiger partial charge in [0.15, 0.2) is 0 Å². The third-order valence-corrected chi connectivity index (χ3v) is 4.01. The van der Waals surface area contributed by atoms with Crippen molar-refractivity contribution in [3.63, 3.8) is 0 Å². The Balaban J connectivity index is 1.92. The van der Waals surface area contributed by atoms with Crippen LogP contribution >= 0.6 is 0 Å². The van der Waals surface area contributed by atoms with E-state index in [1.807, 2.05) is 31.7 Å². The molecule has 1 heterocycles. The van der Waals surface area contributed by atoms with Crippen LogP contribution in [0.3, 0.4) is 0 Å². The van der Waals surface area contributed by atoms with E-state index in [4.69, 9.17) is 0 Å². The SMILES string of the molecule is Cc1nn(C)c(C)c1/C=C/C(=O)NC1CCC(O)CC1. The molecule has 0 atom stereocenters. The first kappa shape index (κ1) is 14.8. The Hall–Kier alpha value is -1.62. The van der Waals surface area contributed by atoms with Crippen molar-refractivity contribution in [3.05, 3.63) is 23.0 Å². The average molecular weight is 277 g/mol. The Bertz CT molecular complexity index is 511. The number of amides is 1. The molecular formula is C15H23N3O2. The first-order valence-corrected chi connectivity index (χ1v) is 7.14. The highest BCUT2D eigenvalue weighted by Gasteiger charge is 2.20. The van der Waals surface area contributed by atoms with Crippen LogP contribution in [0.15, 0.2) is 6.08 Å². The number of rotatable bonds is 3. The topological polar surface area (TPSA) is 67.2 Å². The lowest BCUT2D eigenvalue weighted by Gasteiger charge is -2.25. The molecule has 1 aliphatic rings.